The molecular weight excluding hydrogens is 230 g/mol. The summed E-state index contributed by atoms with van der Waals surface area (Å²) >= 11 is 0. The Morgan fingerprint density at radius 2 is 1.68 bits per heavy atom. The second kappa shape index (κ2) is 6.53. The van der Waals surface area contributed by atoms with Gasteiger partial charge in [-0.15, -0.1) is 0 Å². The lowest BCUT2D eigenvalue weighted by Crippen LogP contribution is -2.19. The molecule has 0 spiro atoms. The van der Waals surface area contributed by atoms with E-state index in [1.54, 1.807) is 0 Å². The van der Waals surface area contributed by atoms with Gasteiger partial charge in [-0.1, -0.05) is 59.7 Å². The molecule has 2 aromatic carbocycles. The lowest BCUT2D eigenvalue weighted by molar-refractivity contribution is 0.625. The third-order valence-corrected chi connectivity index (χ3v) is 3.57. The molecule has 0 aliphatic carbocycles. The van der Waals surface area contributed by atoms with Crippen molar-refractivity contribution in [3.8, 4) is 0 Å². The van der Waals surface area contributed by atoms with Gasteiger partial charge in [-0.25, -0.2) is 0 Å². The van der Waals surface area contributed by atoms with Crippen LogP contribution >= 0.6 is 0 Å². The third kappa shape index (κ3) is 3.93. The number of benzene rings is 2. The minimum absolute atomic E-state index is 0.535. The number of aryl methyl sites for hydroxylation is 2. The smallest absolute Gasteiger partial charge is 0.00203 e. The summed E-state index contributed by atoms with van der Waals surface area (Å²) in [4.78, 5) is 0. The van der Waals surface area contributed by atoms with Crippen LogP contribution in [-0.2, 0) is 6.42 Å². The van der Waals surface area contributed by atoms with E-state index in [-0.39, 0.29) is 0 Å². The summed E-state index contributed by atoms with van der Waals surface area (Å²) in [5, 5.41) is 3.32. The van der Waals surface area contributed by atoms with Gasteiger partial charge >= 0.3 is 0 Å². The molecular formula is C18H23N. The minimum atomic E-state index is 0.535. The van der Waals surface area contributed by atoms with Gasteiger partial charge in [-0.05, 0) is 38.4 Å². The van der Waals surface area contributed by atoms with Gasteiger partial charge in [-0.2, -0.15) is 0 Å². The fraction of sp³-hybridized carbons (Fsp3) is 0.333. The lowest BCUT2D eigenvalue weighted by atomic mass is 9.91. The molecule has 0 aliphatic rings. The molecule has 2 aromatic rings. The molecule has 0 aromatic heterocycles. The standard InChI is InChI=1S/C18H23N/c1-14-7-9-16(10-8-14)12-18(13-19-3)17-6-4-5-15(2)11-17/h4-11,18-19H,12-13H2,1-3H3. The Kier molecular flexibility index (Phi) is 4.75. The average Bonchev–Trinajstić information content (AvgIpc) is 2.41. The van der Waals surface area contributed by atoms with Gasteiger partial charge < -0.3 is 5.32 Å². The quantitative estimate of drug-likeness (QED) is 0.853. The van der Waals surface area contributed by atoms with Crippen molar-refractivity contribution in [2.45, 2.75) is 26.2 Å². The van der Waals surface area contributed by atoms with Crippen molar-refractivity contribution in [2.24, 2.45) is 0 Å². The maximum absolute atomic E-state index is 3.32. The van der Waals surface area contributed by atoms with Crippen LogP contribution in [0.3, 0.4) is 0 Å². The monoisotopic (exact) mass is 253 g/mol. The molecule has 1 atom stereocenters. The molecule has 0 fully saturated rings. The maximum Gasteiger partial charge on any atom is 0.00203 e. The zero-order valence-electron chi connectivity index (χ0n) is 12.1. The van der Waals surface area contributed by atoms with Crippen LogP contribution in [0.25, 0.3) is 0 Å². The van der Waals surface area contributed by atoms with E-state index in [0.717, 1.165) is 13.0 Å². The van der Waals surface area contributed by atoms with Crippen molar-refractivity contribution >= 4 is 0 Å². The highest BCUT2D eigenvalue weighted by molar-refractivity contribution is 5.29. The van der Waals surface area contributed by atoms with Gasteiger partial charge in [-0.3, -0.25) is 0 Å². The first-order valence-corrected chi connectivity index (χ1v) is 6.96. The van der Waals surface area contributed by atoms with Gasteiger partial charge in [0.25, 0.3) is 0 Å². The average molecular weight is 253 g/mol. The summed E-state index contributed by atoms with van der Waals surface area (Å²) in [5.74, 6) is 0.535. The van der Waals surface area contributed by atoms with Crippen molar-refractivity contribution in [2.75, 3.05) is 13.6 Å². The number of nitrogens with one attached hydrogen (secondary N) is 1. The van der Waals surface area contributed by atoms with Crippen LogP contribution in [0.4, 0.5) is 0 Å². The topological polar surface area (TPSA) is 12.0 Å². The highest BCUT2D eigenvalue weighted by Crippen LogP contribution is 2.21. The number of hydrogen-bond donors (Lipinski definition) is 1. The minimum Gasteiger partial charge on any atom is -0.319 e. The fourth-order valence-electron chi connectivity index (χ4n) is 2.49. The molecule has 1 unspecified atom stereocenters. The largest absolute Gasteiger partial charge is 0.319 e. The van der Waals surface area contributed by atoms with E-state index in [4.69, 9.17) is 0 Å². The highest BCUT2D eigenvalue weighted by atomic mass is 14.8. The Labute approximate surface area is 116 Å². The maximum atomic E-state index is 3.32. The van der Waals surface area contributed by atoms with Gasteiger partial charge in [0.05, 0.1) is 0 Å². The molecule has 2 rings (SSSR count). The zero-order chi connectivity index (χ0) is 13.7. The molecule has 0 bridgehead atoms. The molecule has 19 heavy (non-hydrogen) atoms. The van der Waals surface area contributed by atoms with E-state index in [1.807, 2.05) is 7.05 Å². The SMILES string of the molecule is CNCC(Cc1ccc(C)cc1)c1cccc(C)c1. The second-order valence-electron chi connectivity index (χ2n) is 5.36. The van der Waals surface area contributed by atoms with E-state index >= 15 is 0 Å². The van der Waals surface area contributed by atoms with E-state index in [9.17, 15) is 0 Å². The molecule has 0 aliphatic heterocycles. The summed E-state index contributed by atoms with van der Waals surface area (Å²) in [6.45, 7) is 5.30. The van der Waals surface area contributed by atoms with Crippen LogP contribution in [0.15, 0.2) is 48.5 Å². The second-order valence-corrected chi connectivity index (χ2v) is 5.36. The zero-order valence-corrected chi connectivity index (χ0v) is 12.1. The van der Waals surface area contributed by atoms with Crippen LogP contribution in [0.5, 0.6) is 0 Å². The first-order chi connectivity index (χ1) is 9.19. The Morgan fingerprint density at radius 3 is 2.32 bits per heavy atom. The molecule has 100 valence electrons. The van der Waals surface area contributed by atoms with Crippen LogP contribution in [0.1, 0.15) is 28.2 Å². The lowest BCUT2D eigenvalue weighted by Gasteiger charge is -2.18. The molecule has 0 radical (unpaired) electrons. The van der Waals surface area contributed by atoms with Gasteiger partial charge in [0, 0.05) is 12.5 Å². The molecule has 1 heteroatoms. The van der Waals surface area contributed by atoms with E-state index in [2.05, 4.69) is 67.7 Å². The van der Waals surface area contributed by atoms with Crippen molar-refractivity contribution < 1.29 is 0 Å². The summed E-state index contributed by atoms with van der Waals surface area (Å²) in [6, 6.07) is 17.7. The van der Waals surface area contributed by atoms with E-state index < -0.39 is 0 Å². The summed E-state index contributed by atoms with van der Waals surface area (Å²) < 4.78 is 0. The number of likely N-dealkylation sites (N-methyl/N-ethyl adjacent to an activating group) is 1. The Bertz CT molecular complexity index is 513. The predicted octanol–water partition coefficient (Wildman–Crippen LogP) is 3.85. The van der Waals surface area contributed by atoms with Crippen molar-refractivity contribution in [1.29, 1.82) is 0 Å². The highest BCUT2D eigenvalue weighted by Gasteiger charge is 2.11. The molecule has 0 heterocycles. The van der Waals surface area contributed by atoms with Gasteiger partial charge in [0.1, 0.15) is 0 Å². The summed E-state index contributed by atoms with van der Waals surface area (Å²) in [6.07, 6.45) is 1.09. The summed E-state index contributed by atoms with van der Waals surface area (Å²) in [5.41, 5.74) is 5.49. The predicted molar refractivity (Wildman–Crippen MR) is 82.7 cm³/mol. The number of hydrogen-bond acceptors (Lipinski definition) is 1. The number of rotatable bonds is 5. The Balaban J connectivity index is 2.18. The van der Waals surface area contributed by atoms with Crippen LogP contribution < -0.4 is 5.32 Å². The van der Waals surface area contributed by atoms with Crippen LogP contribution in [-0.4, -0.2) is 13.6 Å². The Morgan fingerprint density at radius 1 is 0.947 bits per heavy atom. The molecule has 1 N–H and O–H groups in total. The van der Waals surface area contributed by atoms with Crippen molar-refractivity contribution in [3.05, 3.63) is 70.8 Å². The van der Waals surface area contributed by atoms with Crippen molar-refractivity contribution in [1.82, 2.24) is 5.32 Å². The first-order valence-electron chi connectivity index (χ1n) is 6.96. The Hall–Kier alpha value is -1.60. The summed E-state index contributed by atoms with van der Waals surface area (Å²) in [7, 11) is 2.03. The van der Waals surface area contributed by atoms with Crippen LogP contribution in [0.2, 0.25) is 0 Å². The normalized spacial score (nSPS) is 12.4. The fourth-order valence-corrected chi connectivity index (χ4v) is 2.49. The molecule has 0 amide bonds. The van der Waals surface area contributed by atoms with E-state index in [1.165, 1.54) is 22.3 Å². The molecule has 0 saturated heterocycles. The van der Waals surface area contributed by atoms with Gasteiger partial charge in [0.15, 0.2) is 0 Å². The molecule has 1 nitrogen and oxygen atoms in total. The van der Waals surface area contributed by atoms with Gasteiger partial charge in [0.2, 0.25) is 0 Å². The third-order valence-electron chi connectivity index (χ3n) is 3.57. The molecule has 0 saturated carbocycles. The van der Waals surface area contributed by atoms with Crippen LogP contribution in [0, 0.1) is 13.8 Å². The van der Waals surface area contributed by atoms with E-state index in [0.29, 0.717) is 5.92 Å². The van der Waals surface area contributed by atoms with Crippen molar-refractivity contribution in [3.63, 3.8) is 0 Å². The first kappa shape index (κ1) is 13.8.